The number of aliphatic hydroxyl groups is 2. The Hall–Kier alpha value is -1.42. The second-order valence-electron chi connectivity index (χ2n) is 1.55. The molecule has 0 atom stereocenters. The summed E-state index contributed by atoms with van der Waals surface area (Å²) in [6, 6.07) is 0. The van der Waals surface area contributed by atoms with Crippen LogP contribution in [-0.2, 0) is 0 Å². The predicted octanol–water partition coefficient (Wildman–Crippen LogP) is 1.88. The van der Waals surface area contributed by atoms with E-state index in [9.17, 15) is 0 Å². The van der Waals surface area contributed by atoms with E-state index in [0.29, 0.717) is 0 Å². The lowest BCUT2D eigenvalue weighted by Crippen LogP contribution is -1.59. The summed E-state index contributed by atoms with van der Waals surface area (Å²) in [6.07, 6.45) is 5.58. The van der Waals surface area contributed by atoms with E-state index in [2.05, 4.69) is 13.8 Å². The lowest BCUT2D eigenvalue weighted by Gasteiger charge is -1.79. The van der Waals surface area contributed by atoms with E-state index in [-0.39, 0.29) is 0 Å². The Morgan fingerprint density at radius 1 is 1.00 bits per heavy atom. The normalized spacial score (nSPS) is 5.09. The Morgan fingerprint density at radius 3 is 1.18 bits per heavy atom. The van der Waals surface area contributed by atoms with Gasteiger partial charge in [-0.1, -0.05) is 33.1 Å². The van der Waals surface area contributed by atoms with Crippen molar-refractivity contribution >= 4 is 0 Å². The maximum absolute atomic E-state index is 6.88. The third-order valence-corrected chi connectivity index (χ3v) is 0.707. The molecule has 0 rings (SSSR count). The average molecular weight is 158 g/mol. The fourth-order valence-corrected chi connectivity index (χ4v) is 0.354. The predicted molar refractivity (Wildman–Crippen MR) is 40.3 cm³/mol. The van der Waals surface area contributed by atoms with Crippen LogP contribution in [-0.4, -0.2) is 10.2 Å². The molecular weight excluding hydrogens is 144 g/mol. The van der Waals surface area contributed by atoms with Crippen LogP contribution in [0.5, 0.6) is 0 Å². The van der Waals surface area contributed by atoms with Gasteiger partial charge in [0, 0.05) is 0 Å². The number of rotatable bonds is 2. The van der Waals surface area contributed by atoms with E-state index in [0.717, 1.165) is 12.5 Å². The van der Waals surface area contributed by atoms with Gasteiger partial charge in [-0.15, -0.1) is 0 Å². The molecule has 0 aliphatic rings. The number of nitrogens with zero attached hydrogens (tertiary/aromatic N) is 2. The Labute approximate surface area is 67.3 Å². The Bertz CT molecular complexity index is 98.6. The summed E-state index contributed by atoms with van der Waals surface area (Å²) in [5, 5.41) is 27.5. The molecule has 0 aliphatic carbocycles. The van der Waals surface area contributed by atoms with Gasteiger partial charge in [-0.25, -0.2) is 0 Å². The molecule has 11 heavy (non-hydrogen) atoms. The smallest absolute Gasteiger partial charge is 0.283 e. The van der Waals surface area contributed by atoms with Gasteiger partial charge in [0.05, 0.1) is 0 Å². The maximum Gasteiger partial charge on any atom is 0.283 e. The van der Waals surface area contributed by atoms with Crippen LogP contribution in [0.1, 0.15) is 33.1 Å². The van der Waals surface area contributed by atoms with Crippen molar-refractivity contribution in [2.24, 2.45) is 0 Å². The zero-order valence-corrected chi connectivity index (χ0v) is 6.91. The zero-order valence-electron chi connectivity index (χ0n) is 6.91. The topological polar surface area (TPSA) is 88.0 Å². The summed E-state index contributed by atoms with van der Waals surface area (Å²) >= 11 is 0. The van der Waals surface area contributed by atoms with Crippen molar-refractivity contribution in [1.82, 2.24) is 0 Å². The van der Waals surface area contributed by atoms with Crippen LogP contribution in [0.3, 0.4) is 0 Å². The maximum atomic E-state index is 6.88. The van der Waals surface area contributed by atoms with E-state index in [1.54, 1.807) is 0 Å². The fraction of sp³-hybridized carbons (Fsp3) is 0.714. The summed E-state index contributed by atoms with van der Waals surface area (Å²) < 4.78 is 0. The minimum atomic E-state index is 0.750. The van der Waals surface area contributed by atoms with Crippen LogP contribution < -0.4 is 0 Å². The SMILES string of the molecule is CCCCC.N#CO.N#CO. The number of unbranched alkanes of at least 4 members (excludes halogenated alkanes) is 2. The van der Waals surface area contributed by atoms with Gasteiger partial charge in [0.15, 0.2) is 0 Å². The molecule has 0 amide bonds. The molecular formula is C7H14N2O2. The highest BCUT2D eigenvalue weighted by molar-refractivity contribution is 4.31. The summed E-state index contributed by atoms with van der Waals surface area (Å²) in [5.41, 5.74) is 0. The Balaban J connectivity index is -0.0000000933. The second-order valence-corrected chi connectivity index (χ2v) is 1.55. The fourth-order valence-electron chi connectivity index (χ4n) is 0.354. The summed E-state index contributed by atoms with van der Waals surface area (Å²) in [4.78, 5) is 0. The second kappa shape index (κ2) is 38.5. The van der Waals surface area contributed by atoms with Gasteiger partial charge < -0.3 is 10.2 Å². The molecule has 64 valence electrons. The largest absolute Gasteiger partial charge is 0.443 e. The Kier molecular flexibility index (Phi) is 57.0. The quantitative estimate of drug-likeness (QED) is 0.600. The minimum absolute atomic E-state index is 0.750. The molecule has 0 aromatic heterocycles. The van der Waals surface area contributed by atoms with Gasteiger partial charge in [0.1, 0.15) is 0 Å². The van der Waals surface area contributed by atoms with Gasteiger partial charge in [-0.3, -0.25) is 0 Å². The van der Waals surface area contributed by atoms with E-state index < -0.39 is 0 Å². The molecule has 0 aromatic carbocycles. The molecule has 0 fully saturated rings. The number of hydrogen-bond acceptors (Lipinski definition) is 4. The highest BCUT2D eigenvalue weighted by atomic mass is 16.2. The molecule has 0 aromatic rings. The summed E-state index contributed by atoms with van der Waals surface area (Å²) in [6.45, 7) is 4.42. The highest BCUT2D eigenvalue weighted by Gasteiger charge is 1.68. The van der Waals surface area contributed by atoms with Crippen LogP contribution in [0.2, 0.25) is 0 Å². The average Bonchev–Trinajstić information content (AvgIpc) is 1.92. The lowest BCUT2D eigenvalue weighted by molar-refractivity contribution is 0.502. The molecule has 0 bridgehead atoms. The van der Waals surface area contributed by atoms with E-state index in [1.165, 1.54) is 19.3 Å². The van der Waals surface area contributed by atoms with E-state index in [4.69, 9.17) is 20.7 Å². The van der Waals surface area contributed by atoms with Crippen molar-refractivity contribution in [3.05, 3.63) is 0 Å². The van der Waals surface area contributed by atoms with Crippen LogP contribution >= 0.6 is 0 Å². The first-order chi connectivity index (χ1) is 5.24. The van der Waals surface area contributed by atoms with Gasteiger partial charge >= 0.3 is 0 Å². The molecule has 2 N–H and O–H groups in total. The number of aliphatic hydroxyl groups excluding tert-OH is 2. The first kappa shape index (κ1) is 16.3. The molecule has 0 heterocycles. The van der Waals surface area contributed by atoms with Crippen molar-refractivity contribution in [2.75, 3.05) is 0 Å². The van der Waals surface area contributed by atoms with Crippen molar-refractivity contribution in [2.45, 2.75) is 33.1 Å². The Morgan fingerprint density at radius 2 is 1.18 bits per heavy atom. The van der Waals surface area contributed by atoms with Gasteiger partial charge in [0.2, 0.25) is 0 Å². The van der Waals surface area contributed by atoms with Crippen LogP contribution in [0.25, 0.3) is 0 Å². The van der Waals surface area contributed by atoms with Crippen LogP contribution in [0.15, 0.2) is 0 Å². The monoisotopic (exact) mass is 158 g/mol. The van der Waals surface area contributed by atoms with Crippen molar-refractivity contribution in [1.29, 1.82) is 10.5 Å². The first-order valence-electron chi connectivity index (χ1n) is 3.31. The van der Waals surface area contributed by atoms with E-state index in [1.807, 2.05) is 0 Å². The zero-order chi connectivity index (χ0) is 9.54. The molecule has 0 saturated carbocycles. The third-order valence-electron chi connectivity index (χ3n) is 0.707. The third kappa shape index (κ3) is 1100. The molecule has 4 heteroatoms. The van der Waals surface area contributed by atoms with Gasteiger partial charge in [0.25, 0.3) is 12.5 Å². The highest BCUT2D eigenvalue weighted by Crippen LogP contribution is 1.88. The van der Waals surface area contributed by atoms with Crippen molar-refractivity contribution in [3.63, 3.8) is 0 Å². The minimum Gasteiger partial charge on any atom is -0.443 e. The van der Waals surface area contributed by atoms with Gasteiger partial charge in [-0.2, -0.15) is 10.5 Å². The van der Waals surface area contributed by atoms with E-state index >= 15 is 0 Å². The number of nitriles is 2. The molecule has 0 radical (unpaired) electrons. The van der Waals surface area contributed by atoms with Crippen molar-refractivity contribution in [3.8, 4) is 12.5 Å². The van der Waals surface area contributed by atoms with Crippen molar-refractivity contribution < 1.29 is 10.2 Å². The molecule has 4 nitrogen and oxygen atoms in total. The van der Waals surface area contributed by atoms with Gasteiger partial charge in [-0.05, 0) is 0 Å². The molecule has 0 saturated heterocycles. The summed E-state index contributed by atoms with van der Waals surface area (Å²) in [5.74, 6) is 0. The summed E-state index contributed by atoms with van der Waals surface area (Å²) in [7, 11) is 0. The molecule has 0 spiro atoms. The standard InChI is InChI=1S/C5H12.2CHNO/c1-3-5-4-2;2*2-1-3/h3-5H2,1-2H3;2*3H. The first-order valence-corrected chi connectivity index (χ1v) is 3.31. The molecule has 0 unspecified atom stereocenters. The van der Waals surface area contributed by atoms with Crippen LogP contribution in [0.4, 0.5) is 0 Å². The number of hydrogen-bond donors (Lipinski definition) is 2. The molecule has 0 aliphatic heterocycles. The van der Waals surface area contributed by atoms with Crippen LogP contribution in [0, 0.1) is 23.0 Å². The lowest BCUT2D eigenvalue weighted by atomic mass is 10.3.